The summed E-state index contributed by atoms with van der Waals surface area (Å²) in [7, 11) is 1.73. The van der Waals surface area contributed by atoms with Gasteiger partial charge in [0.2, 0.25) is 5.91 Å². The van der Waals surface area contributed by atoms with Crippen molar-refractivity contribution in [2.24, 2.45) is 11.8 Å². The molecule has 3 atom stereocenters. The van der Waals surface area contributed by atoms with Crippen molar-refractivity contribution in [2.45, 2.75) is 50.0 Å². The Hall–Kier alpha value is -2.79. The zero-order valence-corrected chi connectivity index (χ0v) is 20.1. The van der Waals surface area contributed by atoms with E-state index in [1.807, 2.05) is 12.1 Å². The quantitative estimate of drug-likeness (QED) is 0.585. The average molecular weight is 461 g/mol. The van der Waals surface area contributed by atoms with Gasteiger partial charge in [-0.25, -0.2) is 0 Å². The molecule has 1 aliphatic heterocycles. The molecule has 0 bridgehead atoms. The number of methoxy groups -OCH3 is 1. The summed E-state index contributed by atoms with van der Waals surface area (Å²) < 4.78 is 5.57. The molecule has 3 aliphatic rings. The smallest absolute Gasteiger partial charge is 0.244 e. The van der Waals surface area contributed by atoms with E-state index in [0.717, 1.165) is 56.0 Å². The van der Waals surface area contributed by atoms with Gasteiger partial charge in [0.05, 0.1) is 7.11 Å². The standard InChI is InChI=1S/C29H36N2O3/c1-34-27-7-3-5-23(17-27)29-14-15-31(19-22-8-9-22)20-24(29)11-12-25(18-29)30-28(33)13-10-21-4-2-6-26(32)16-21/h2-7,10,13,16-17,22,24-25,32H,8-9,11-12,14-15,18-20H2,1H3,(H,30,33)/b13-10+. The first-order valence-corrected chi connectivity index (χ1v) is 12.7. The van der Waals surface area contributed by atoms with E-state index in [1.54, 1.807) is 37.5 Å². The number of fused-ring (bicyclic) bond motifs is 1. The highest BCUT2D eigenvalue weighted by Gasteiger charge is 2.48. The van der Waals surface area contributed by atoms with Gasteiger partial charge in [-0.05, 0) is 98.4 Å². The van der Waals surface area contributed by atoms with Crippen LogP contribution in [0.15, 0.2) is 54.6 Å². The molecule has 1 amide bonds. The maximum atomic E-state index is 12.8. The van der Waals surface area contributed by atoms with Crippen molar-refractivity contribution in [1.82, 2.24) is 10.2 Å². The first-order chi connectivity index (χ1) is 16.5. The Kier molecular flexibility index (Phi) is 6.64. The second-order valence-electron chi connectivity index (χ2n) is 10.5. The predicted molar refractivity (Wildman–Crippen MR) is 135 cm³/mol. The van der Waals surface area contributed by atoms with Gasteiger partial charge in [0.15, 0.2) is 0 Å². The van der Waals surface area contributed by atoms with Crippen LogP contribution < -0.4 is 10.1 Å². The van der Waals surface area contributed by atoms with E-state index in [2.05, 4.69) is 28.4 Å². The molecule has 5 heteroatoms. The summed E-state index contributed by atoms with van der Waals surface area (Å²) >= 11 is 0. The lowest BCUT2D eigenvalue weighted by atomic mass is 9.58. The third-order valence-corrected chi connectivity index (χ3v) is 8.11. The third-order valence-electron chi connectivity index (χ3n) is 8.11. The average Bonchev–Trinajstić information content (AvgIpc) is 3.67. The van der Waals surface area contributed by atoms with Crippen molar-refractivity contribution in [3.63, 3.8) is 0 Å². The van der Waals surface area contributed by atoms with Crippen molar-refractivity contribution in [3.8, 4) is 11.5 Å². The van der Waals surface area contributed by atoms with Gasteiger partial charge >= 0.3 is 0 Å². The largest absolute Gasteiger partial charge is 0.508 e. The van der Waals surface area contributed by atoms with Crippen LogP contribution in [0.25, 0.3) is 6.08 Å². The maximum Gasteiger partial charge on any atom is 0.244 e. The number of likely N-dealkylation sites (tertiary alicyclic amines) is 1. The van der Waals surface area contributed by atoms with Crippen LogP contribution in [0.3, 0.4) is 0 Å². The molecule has 2 aliphatic carbocycles. The van der Waals surface area contributed by atoms with Gasteiger partial charge in [-0.1, -0.05) is 24.3 Å². The highest BCUT2D eigenvalue weighted by Crippen LogP contribution is 2.50. The summed E-state index contributed by atoms with van der Waals surface area (Å²) in [6.07, 6.45) is 10.4. The van der Waals surface area contributed by atoms with Gasteiger partial charge < -0.3 is 20.1 Å². The molecule has 3 unspecified atom stereocenters. The Morgan fingerprint density at radius 3 is 2.82 bits per heavy atom. The molecule has 0 radical (unpaired) electrons. The number of nitrogens with zero attached hydrogens (tertiary/aromatic N) is 1. The van der Waals surface area contributed by atoms with E-state index in [-0.39, 0.29) is 23.1 Å². The lowest BCUT2D eigenvalue weighted by Crippen LogP contribution is -2.56. The molecule has 0 spiro atoms. The fourth-order valence-corrected chi connectivity index (χ4v) is 6.15. The van der Waals surface area contributed by atoms with Crippen molar-refractivity contribution < 1.29 is 14.6 Å². The molecule has 2 aromatic carbocycles. The van der Waals surface area contributed by atoms with E-state index >= 15 is 0 Å². The van der Waals surface area contributed by atoms with Crippen molar-refractivity contribution in [1.29, 1.82) is 0 Å². The minimum Gasteiger partial charge on any atom is -0.508 e. The summed E-state index contributed by atoms with van der Waals surface area (Å²) in [6.45, 7) is 3.54. The Balaban J connectivity index is 1.32. The van der Waals surface area contributed by atoms with Gasteiger partial charge in [0.1, 0.15) is 11.5 Å². The lowest BCUT2D eigenvalue weighted by molar-refractivity contribution is -0.117. The molecule has 5 rings (SSSR count). The number of hydrogen-bond acceptors (Lipinski definition) is 4. The van der Waals surface area contributed by atoms with E-state index in [0.29, 0.717) is 5.92 Å². The number of ether oxygens (including phenoxy) is 1. The number of phenolic OH excluding ortho intramolecular Hbond substituents is 1. The maximum absolute atomic E-state index is 12.8. The van der Waals surface area contributed by atoms with Crippen LogP contribution in [-0.2, 0) is 10.2 Å². The predicted octanol–water partition coefficient (Wildman–Crippen LogP) is 4.75. The first-order valence-electron chi connectivity index (χ1n) is 12.7. The number of rotatable bonds is 7. The van der Waals surface area contributed by atoms with Crippen molar-refractivity contribution >= 4 is 12.0 Å². The number of amides is 1. The Bertz CT molecular complexity index is 1050. The van der Waals surface area contributed by atoms with Crippen molar-refractivity contribution in [2.75, 3.05) is 26.7 Å². The summed E-state index contributed by atoms with van der Waals surface area (Å²) in [5, 5.41) is 12.9. The molecule has 0 aromatic heterocycles. The second kappa shape index (κ2) is 9.83. The number of carbonyl (C=O) groups excluding carboxylic acids is 1. The van der Waals surface area contributed by atoms with E-state index in [4.69, 9.17) is 4.74 Å². The Morgan fingerprint density at radius 2 is 2.03 bits per heavy atom. The minimum absolute atomic E-state index is 0.0692. The fourth-order valence-electron chi connectivity index (χ4n) is 6.15. The molecule has 2 saturated carbocycles. The highest BCUT2D eigenvalue weighted by molar-refractivity contribution is 5.92. The van der Waals surface area contributed by atoms with Crippen LogP contribution in [0.5, 0.6) is 11.5 Å². The molecule has 2 N–H and O–H groups in total. The molecule has 180 valence electrons. The second-order valence-corrected chi connectivity index (χ2v) is 10.5. The molecule has 1 heterocycles. The summed E-state index contributed by atoms with van der Waals surface area (Å²) in [4.78, 5) is 15.5. The number of phenols is 1. The van der Waals surface area contributed by atoms with Crippen molar-refractivity contribution in [3.05, 3.63) is 65.7 Å². The van der Waals surface area contributed by atoms with Gasteiger partial charge in [0.25, 0.3) is 0 Å². The van der Waals surface area contributed by atoms with Gasteiger partial charge in [-0.2, -0.15) is 0 Å². The monoisotopic (exact) mass is 460 g/mol. The third kappa shape index (κ3) is 5.15. The van der Waals surface area contributed by atoms with Crippen LogP contribution in [0.2, 0.25) is 0 Å². The molecule has 2 aromatic rings. The molecule has 1 saturated heterocycles. The zero-order chi connectivity index (χ0) is 23.5. The highest BCUT2D eigenvalue weighted by atomic mass is 16.5. The molecule has 5 nitrogen and oxygen atoms in total. The van der Waals surface area contributed by atoms with E-state index in [1.165, 1.54) is 24.9 Å². The Morgan fingerprint density at radius 1 is 1.18 bits per heavy atom. The summed E-state index contributed by atoms with van der Waals surface area (Å²) in [5.74, 6) is 2.56. The van der Waals surface area contributed by atoms with Crippen LogP contribution in [0.4, 0.5) is 0 Å². The number of aromatic hydroxyl groups is 1. The number of piperidine rings is 1. The first kappa shape index (κ1) is 23.0. The Labute approximate surface area is 202 Å². The van der Waals surface area contributed by atoms with Gasteiger partial charge in [0, 0.05) is 30.6 Å². The van der Waals surface area contributed by atoms with Crippen LogP contribution in [-0.4, -0.2) is 48.7 Å². The fraction of sp³-hybridized carbons (Fsp3) is 0.483. The van der Waals surface area contributed by atoms with E-state index < -0.39 is 0 Å². The van der Waals surface area contributed by atoms with Gasteiger partial charge in [-0.3, -0.25) is 4.79 Å². The number of benzene rings is 2. The van der Waals surface area contributed by atoms with Gasteiger partial charge in [-0.15, -0.1) is 0 Å². The van der Waals surface area contributed by atoms with Crippen LogP contribution in [0, 0.1) is 11.8 Å². The molecule has 34 heavy (non-hydrogen) atoms. The van der Waals surface area contributed by atoms with E-state index in [9.17, 15) is 9.90 Å². The number of carbonyl (C=O) groups is 1. The van der Waals surface area contributed by atoms with Crippen LogP contribution >= 0.6 is 0 Å². The number of hydrogen-bond donors (Lipinski definition) is 2. The zero-order valence-electron chi connectivity index (χ0n) is 20.1. The molecular weight excluding hydrogens is 424 g/mol. The molecular formula is C29H36N2O3. The SMILES string of the molecule is COc1cccc(C23CCN(CC4CC4)CC2CCC(NC(=O)/C=C/c2cccc(O)c2)C3)c1. The van der Waals surface area contributed by atoms with Crippen LogP contribution in [0.1, 0.15) is 49.7 Å². The lowest BCUT2D eigenvalue weighted by Gasteiger charge is -2.53. The number of nitrogens with one attached hydrogen (secondary N) is 1. The topological polar surface area (TPSA) is 61.8 Å². The molecule has 3 fully saturated rings. The normalized spacial score (nSPS) is 27.3. The minimum atomic E-state index is -0.0706. The summed E-state index contributed by atoms with van der Waals surface area (Å²) in [5.41, 5.74) is 2.24. The summed E-state index contributed by atoms with van der Waals surface area (Å²) in [6, 6.07) is 15.7.